The van der Waals surface area contributed by atoms with Crippen LogP contribution in [0.25, 0.3) is 0 Å². The molecule has 4 heteroatoms. The molecular formula is C10H22N2O2. The van der Waals surface area contributed by atoms with Gasteiger partial charge in [0.1, 0.15) is 6.61 Å². The average Bonchev–Trinajstić information content (AvgIpc) is 2.16. The van der Waals surface area contributed by atoms with Gasteiger partial charge in [-0.15, -0.1) is 0 Å². The van der Waals surface area contributed by atoms with Crippen molar-refractivity contribution in [1.82, 2.24) is 5.32 Å². The molecule has 0 aliphatic rings. The van der Waals surface area contributed by atoms with E-state index in [-0.39, 0.29) is 18.6 Å². The number of amides is 1. The van der Waals surface area contributed by atoms with Crippen molar-refractivity contribution in [2.45, 2.75) is 33.2 Å². The van der Waals surface area contributed by atoms with Crippen LogP contribution in [0.15, 0.2) is 0 Å². The largest absolute Gasteiger partial charge is 0.370 e. The van der Waals surface area contributed by atoms with Crippen molar-refractivity contribution in [1.29, 1.82) is 0 Å². The molecular weight excluding hydrogens is 180 g/mol. The van der Waals surface area contributed by atoms with Gasteiger partial charge in [-0.05, 0) is 12.8 Å². The number of carbonyl (C=O) groups is 1. The Balaban J connectivity index is 3.60. The van der Waals surface area contributed by atoms with Crippen LogP contribution in [0.1, 0.15) is 27.2 Å². The summed E-state index contributed by atoms with van der Waals surface area (Å²) in [5.74, 6) is 0.430. The van der Waals surface area contributed by atoms with Crippen LogP contribution in [0.5, 0.6) is 0 Å². The van der Waals surface area contributed by atoms with Crippen LogP contribution in [0.4, 0.5) is 0 Å². The number of nitrogens with one attached hydrogen (secondary N) is 1. The predicted octanol–water partition coefficient (Wildman–Crippen LogP) is 0.513. The number of carbonyl (C=O) groups excluding carboxylic acids is 1. The van der Waals surface area contributed by atoms with Gasteiger partial charge < -0.3 is 15.8 Å². The summed E-state index contributed by atoms with van der Waals surface area (Å²) in [7, 11) is 0. The molecule has 0 aromatic carbocycles. The van der Waals surface area contributed by atoms with Crippen molar-refractivity contribution in [3.05, 3.63) is 0 Å². The summed E-state index contributed by atoms with van der Waals surface area (Å²) in [6.45, 7) is 7.23. The highest BCUT2D eigenvalue weighted by molar-refractivity contribution is 5.77. The van der Waals surface area contributed by atoms with Gasteiger partial charge in [-0.25, -0.2) is 0 Å². The summed E-state index contributed by atoms with van der Waals surface area (Å²) in [5.41, 5.74) is 5.23. The van der Waals surface area contributed by atoms with Gasteiger partial charge in [0.15, 0.2) is 0 Å². The fraction of sp³-hybridized carbons (Fsp3) is 0.900. The fourth-order valence-electron chi connectivity index (χ4n) is 1.04. The Morgan fingerprint density at radius 1 is 1.50 bits per heavy atom. The number of rotatable bonds is 7. The average molecular weight is 202 g/mol. The minimum Gasteiger partial charge on any atom is -0.370 e. The molecule has 3 N–H and O–H groups in total. The van der Waals surface area contributed by atoms with E-state index >= 15 is 0 Å². The molecule has 0 rings (SSSR count). The first-order valence-corrected chi connectivity index (χ1v) is 5.19. The highest BCUT2D eigenvalue weighted by Gasteiger charge is 2.12. The van der Waals surface area contributed by atoms with Crippen LogP contribution in [0, 0.1) is 5.92 Å². The zero-order valence-electron chi connectivity index (χ0n) is 9.38. The lowest BCUT2D eigenvalue weighted by molar-refractivity contribution is -0.126. The summed E-state index contributed by atoms with van der Waals surface area (Å²) in [6, 6.07) is 0.203. The van der Waals surface area contributed by atoms with Crippen molar-refractivity contribution in [3.8, 4) is 0 Å². The zero-order chi connectivity index (χ0) is 11.0. The predicted molar refractivity (Wildman–Crippen MR) is 56.9 cm³/mol. The molecule has 0 spiro atoms. The lowest BCUT2D eigenvalue weighted by Crippen LogP contribution is -2.39. The second kappa shape index (κ2) is 7.76. The Kier molecular flexibility index (Phi) is 7.42. The van der Waals surface area contributed by atoms with Crippen molar-refractivity contribution in [2.75, 3.05) is 19.8 Å². The fourth-order valence-corrected chi connectivity index (χ4v) is 1.04. The van der Waals surface area contributed by atoms with E-state index < -0.39 is 0 Å². The van der Waals surface area contributed by atoms with Gasteiger partial charge in [0.2, 0.25) is 5.91 Å². The van der Waals surface area contributed by atoms with Gasteiger partial charge in [0.05, 0.1) is 6.61 Å². The Hall–Kier alpha value is -0.610. The molecule has 14 heavy (non-hydrogen) atoms. The van der Waals surface area contributed by atoms with Gasteiger partial charge in [-0.3, -0.25) is 4.79 Å². The van der Waals surface area contributed by atoms with Crippen molar-refractivity contribution in [2.24, 2.45) is 11.7 Å². The third-order valence-electron chi connectivity index (χ3n) is 2.38. The van der Waals surface area contributed by atoms with Crippen molar-refractivity contribution in [3.63, 3.8) is 0 Å². The molecule has 0 aliphatic heterocycles. The molecule has 4 nitrogen and oxygen atoms in total. The summed E-state index contributed by atoms with van der Waals surface area (Å²) >= 11 is 0. The van der Waals surface area contributed by atoms with E-state index in [4.69, 9.17) is 10.5 Å². The van der Waals surface area contributed by atoms with Gasteiger partial charge >= 0.3 is 0 Å². The van der Waals surface area contributed by atoms with E-state index in [2.05, 4.69) is 19.2 Å². The first-order valence-electron chi connectivity index (χ1n) is 5.19. The maximum absolute atomic E-state index is 11.3. The summed E-state index contributed by atoms with van der Waals surface area (Å²) < 4.78 is 5.02. The molecule has 0 aromatic heterocycles. The Bertz CT molecular complexity index is 162. The molecule has 2 atom stereocenters. The molecule has 0 bridgehead atoms. The first-order chi connectivity index (χ1) is 6.61. The van der Waals surface area contributed by atoms with Crippen LogP contribution in [0.2, 0.25) is 0 Å². The van der Waals surface area contributed by atoms with Crippen LogP contribution in [0.3, 0.4) is 0 Å². The van der Waals surface area contributed by atoms with E-state index in [9.17, 15) is 4.79 Å². The number of ether oxygens (including phenoxy) is 1. The highest BCUT2D eigenvalue weighted by Crippen LogP contribution is 2.05. The molecule has 0 fully saturated rings. The second-order valence-electron chi connectivity index (χ2n) is 3.58. The van der Waals surface area contributed by atoms with Crippen molar-refractivity contribution >= 4 is 5.91 Å². The number of hydrogen-bond donors (Lipinski definition) is 2. The molecule has 0 radical (unpaired) electrons. The van der Waals surface area contributed by atoms with Crippen molar-refractivity contribution < 1.29 is 9.53 Å². The van der Waals surface area contributed by atoms with E-state index in [0.717, 1.165) is 6.42 Å². The monoisotopic (exact) mass is 202 g/mol. The minimum atomic E-state index is -0.0637. The molecule has 0 saturated heterocycles. The summed E-state index contributed by atoms with van der Waals surface area (Å²) in [5, 5.41) is 2.88. The normalized spacial score (nSPS) is 14.9. The van der Waals surface area contributed by atoms with Crippen LogP contribution in [-0.2, 0) is 9.53 Å². The zero-order valence-corrected chi connectivity index (χ0v) is 9.38. The molecule has 0 aliphatic carbocycles. The lowest BCUT2D eigenvalue weighted by Gasteiger charge is -2.19. The van der Waals surface area contributed by atoms with Gasteiger partial charge in [-0.2, -0.15) is 0 Å². The van der Waals surface area contributed by atoms with E-state index in [1.807, 2.05) is 6.92 Å². The number of hydrogen-bond acceptors (Lipinski definition) is 3. The third kappa shape index (κ3) is 5.94. The van der Waals surface area contributed by atoms with Gasteiger partial charge in [0, 0.05) is 12.6 Å². The summed E-state index contributed by atoms with van der Waals surface area (Å²) in [6.07, 6.45) is 1.06. The SMILES string of the molecule is CCC(C)C(C)NC(=O)COCCN. The molecule has 84 valence electrons. The Morgan fingerprint density at radius 3 is 2.64 bits per heavy atom. The molecule has 1 amide bonds. The third-order valence-corrected chi connectivity index (χ3v) is 2.38. The Morgan fingerprint density at radius 2 is 2.14 bits per heavy atom. The van der Waals surface area contributed by atoms with Gasteiger partial charge in [0.25, 0.3) is 0 Å². The molecule has 0 aromatic rings. The Labute approximate surface area is 86.2 Å². The maximum Gasteiger partial charge on any atom is 0.246 e. The highest BCUT2D eigenvalue weighted by atomic mass is 16.5. The van der Waals surface area contributed by atoms with E-state index in [1.165, 1.54) is 0 Å². The maximum atomic E-state index is 11.3. The second-order valence-corrected chi connectivity index (χ2v) is 3.58. The standard InChI is InChI=1S/C10H22N2O2/c1-4-8(2)9(3)12-10(13)7-14-6-5-11/h8-9H,4-7,11H2,1-3H3,(H,12,13). The van der Waals surface area contributed by atoms with Crippen LogP contribution in [-0.4, -0.2) is 31.7 Å². The molecule has 0 heterocycles. The quantitative estimate of drug-likeness (QED) is 0.591. The molecule has 0 saturated carbocycles. The minimum absolute atomic E-state index is 0.0637. The first kappa shape index (κ1) is 13.4. The van der Waals surface area contributed by atoms with E-state index in [1.54, 1.807) is 0 Å². The van der Waals surface area contributed by atoms with Crippen LogP contribution < -0.4 is 11.1 Å². The van der Waals surface area contributed by atoms with E-state index in [0.29, 0.717) is 19.1 Å². The smallest absolute Gasteiger partial charge is 0.246 e. The van der Waals surface area contributed by atoms with Gasteiger partial charge in [-0.1, -0.05) is 20.3 Å². The topological polar surface area (TPSA) is 64.3 Å². The number of nitrogens with two attached hydrogens (primary N) is 1. The summed E-state index contributed by atoms with van der Waals surface area (Å²) in [4.78, 5) is 11.3. The van der Waals surface area contributed by atoms with Crippen LogP contribution >= 0.6 is 0 Å². The molecule has 2 unspecified atom stereocenters. The lowest BCUT2D eigenvalue weighted by atomic mass is 10.0.